The summed E-state index contributed by atoms with van der Waals surface area (Å²) in [6.07, 6.45) is 0.559. The fourth-order valence-corrected chi connectivity index (χ4v) is 3.90. The third kappa shape index (κ3) is 3.51. The molecule has 0 saturated carbocycles. The minimum absolute atomic E-state index is 0.280. The van der Waals surface area contributed by atoms with Crippen LogP contribution in [-0.2, 0) is 17.8 Å². The van der Waals surface area contributed by atoms with Gasteiger partial charge in [-0.25, -0.2) is 0 Å². The normalized spacial score (nSPS) is 22.8. The van der Waals surface area contributed by atoms with Crippen LogP contribution in [0.3, 0.4) is 0 Å². The lowest BCUT2D eigenvalue weighted by Gasteiger charge is -2.37. The quantitative estimate of drug-likeness (QED) is 0.889. The second kappa shape index (κ2) is 6.70. The van der Waals surface area contributed by atoms with Crippen LogP contribution in [-0.4, -0.2) is 25.3 Å². The summed E-state index contributed by atoms with van der Waals surface area (Å²) in [6.45, 7) is 10.3. The topological polar surface area (TPSA) is 36.5 Å². The Labute approximate surface area is 150 Å². The number of morpholine rings is 1. The molecule has 2 aliphatic heterocycles. The molecule has 2 aliphatic rings. The molecule has 0 spiro atoms. The van der Waals surface area contributed by atoms with Gasteiger partial charge < -0.3 is 20.3 Å². The van der Waals surface area contributed by atoms with E-state index in [1.807, 2.05) is 0 Å². The summed E-state index contributed by atoms with van der Waals surface area (Å²) >= 11 is 0. The first-order valence-corrected chi connectivity index (χ1v) is 9.19. The number of fused-ring (bicyclic) bond motifs is 1. The van der Waals surface area contributed by atoms with Crippen LogP contribution < -0.4 is 15.5 Å². The van der Waals surface area contributed by atoms with Crippen molar-refractivity contribution in [3.8, 4) is 0 Å². The van der Waals surface area contributed by atoms with Gasteiger partial charge in [0, 0.05) is 43.2 Å². The van der Waals surface area contributed by atoms with E-state index in [0.29, 0.717) is 0 Å². The highest BCUT2D eigenvalue weighted by Gasteiger charge is 2.22. The van der Waals surface area contributed by atoms with Crippen molar-refractivity contribution in [2.75, 3.05) is 23.3 Å². The Balaban J connectivity index is 1.52. The summed E-state index contributed by atoms with van der Waals surface area (Å²) in [5, 5.41) is 6.98. The van der Waals surface area contributed by atoms with Crippen molar-refractivity contribution in [3.05, 3.63) is 53.1 Å². The zero-order valence-corrected chi connectivity index (χ0v) is 15.3. The fourth-order valence-electron chi connectivity index (χ4n) is 3.90. The maximum absolute atomic E-state index is 5.85. The summed E-state index contributed by atoms with van der Waals surface area (Å²) in [4.78, 5) is 2.43. The summed E-state index contributed by atoms with van der Waals surface area (Å²) in [5.41, 5.74) is 7.69. The van der Waals surface area contributed by atoms with Crippen molar-refractivity contribution in [2.24, 2.45) is 0 Å². The van der Waals surface area contributed by atoms with Crippen molar-refractivity contribution in [2.45, 2.75) is 46.1 Å². The molecule has 4 rings (SSSR count). The van der Waals surface area contributed by atoms with Crippen LogP contribution in [0.1, 0.15) is 30.5 Å². The summed E-state index contributed by atoms with van der Waals surface area (Å²) in [6, 6.07) is 13.3. The molecule has 2 N–H and O–H groups in total. The Hall–Kier alpha value is -2.04. The first kappa shape index (κ1) is 16.4. The highest BCUT2D eigenvalue weighted by Crippen LogP contribution is 2.29. The molecule has 2 unspecified atom stereocenters. The maximum atomic E-state index is 5.85. The van der Waals surface area contributed by atoms with Crippen LogP contribution in [0.2, 0.25) is 0 Å². The van der Waals surface area contributed by atoms with E-state index in [-0.39, 0.29) is 12.2 Å². The molecular formula is C21H27N3O. The van der Waals surface area contributed by atoms with Crippen LogP contribution in [0.25, 0.3) is 0 Å². The molecule has 0 aliphatic carbocycles. The third-order valence-electron chi connectivity index (χ3n) is 5.11. The van der Waals surface area contributed by atoms with Gasteiger partial charge in [0.2, 0.25) is 0 Å². The average Bonchev–Trinajstić information content (AvgIpc) is 3.03. The Morgan fingerprint density at radius 3 is 2.52 bits per heavy atom. The zero-order chi connectivity index (χ0) is 17.4. The molecule has 2 heterocycles. The van der Waals surface area contributed by atoms with Crippen LogP contribution in [0.5, 0.6) is 0 Å². The van der Waals surface area contributed by atoms with Crippen LogP contribution in [0.15, 0.2) is 36.4 Å². The Morgan fingerprint density at radius 2 is 1.76 bits per heavy atom. The largest absolute Gasteiger partial charge is 0.372 e. The number of rotatable bonds is 3. The number of nitrogens with zero attached hydrogens (tertiary/aromatic N) is 1. The van der Waals surface area contributed by atoms with Gasteiger partial charge in [-0.15, -0.1) is 0 Å². The van der Waals surface area contributed by atoms with Gasteiger partial charge in [0.15, 0.2) is 0 Å². The van der Waals surface area contributed by atoms with Gasteiger partial charge in [0.25, 0.3) is 0 Å². The number of aryl methyl sites for hydroxylation is 1. The first-order valence-electron chi connectivity index (χ1n) is 9.19. The van der Waals surface area contributed by atoms with E-state index in [1.165, 1.54) is 28.1 Å². The van der Waals surface area contributed by atoms with Gasteiger partial charge in [0.1, 0.15) is 0 Å². The first-order chi connectivity index (χ1) is 12.1. The predicted molar refractivity (Wildman–Crippen MR) is 104 cm³/mol. The van der Waals surface area contributed by atoms with Crippen molar-refractivity contribution < 1.29 is 4.74 Å². The van der Waals surface area contributed by atoms with Crippen molar-refractivity contribution in [3.63, 3.8) is 0 Å². The Kier molecular flexibility index (Phi) is 4.40. The van der Waals surface area contributed by atoms with E-state index in [2.05, 4.69) is 72.7 Å². The average molecular weight is 337 g/mol. The summed E-state index contributed by atoms with van der Waals surface area (Å²) in [5.74, 6) is 0. The Bertz CT molecular complexity index is 764. The van der Waals surface area contributed by atoms with E-state index in [9.17, 15) is 0 Å². The molecule has 2 aromatic rings. The van der Waals surface area contributed by atoms with Gasteiger partial charge in [-0.05, 0) is 67.8 Å². The molecule has 25 heavy (non-hydrogen) atoms. The predicted octanol–water partition coefficient (Wildman–Crippen LogP) is 3.96. The standard InChI is InChI=1S/C21H27N3O/c1-14-8-20(24-12-15(2)25-16(3)13-24)6-7-21(14)23-19-5-4-17-10-22-11-18(17)9-19/h4-9,15-16,22-23H,10-13H2,1-3H3. The van der Waals surface area contributed by atoms with Crippen molar-refractivity contribution >= 4 is 17.1 Å². The molecular weight excluding hydrogens is 310 g/mol. The van der Waals surface area contributed by atoms with Crippen molar-refractivity contribution in [1.29, 1.82) is 0 Å². The van der Waals surface area contributed by atoms with E-state index >= 15 is 0 Å². The molecule has 132 valence electrons. The molecule has 0 radical (unpaired) electrons. The van der Waals surface area contributed by atoms with E-state index in [1.54, 1.807) is 0 Å². The molecule has 4 heteroatoms. The third-order valence-corrected chi connectivity index (χ3v) is 5.11. The number of benzene rings is 2. The molecule has 4 nitrogen and oxygen atoms in total. The fraction of sp³-hybridized carbons (Fsp3) is 0.429. The number of hydrogen-bond acceptors (Lipinski definition) is 4. The van der Waals surface area contributed by atoms with Crippen LogP contribution in [0, 0.1) is 6.92 Å². The summed E-state index contributed by atoms with van der Waals surface area (Å²) < 4.78 is 5.85. The highest BCUT2D eigenvalue weighted by molar-refractivity contribution is 5.68. The van der Waals surface area contributed by atoms with Gasteiger partial charge in [-0.3, -0.25) is 0 Å². The molecule has 2 atom stereocenters. The second-order valence-corrected chi connectivity index (χ2v) is 7.37. The molecule has 1 saturated heterocycles. The van der Waals surface area contributed by atoms with Crippen LogP contribution >= 0.6 is 0 Å². The van der Waals surface area contributed by atoms with E-state index in [4.69, 9.17) is 4.74 Å². The van der Waals surface area contributed by atoms with Crippen LogP contribution in [0.4, 0.5) is 17.1 Å². The molecule has 1 fully saturated rings. The maximum Gasteiger partial charge on any atom is 0.0726 e. The van der Waals surface area contributed by atoms with Gasteiger partial charge >= 0.3 is 0 Å². The van der Waals surface area contributed by atoms with Gasteiger partial charge in [-0.1, -0.05) is 6.07 Å². The summed E-state index contributed by atoms with van der Waals surface area (Å²) in [7, 11) is 0. The molecule has 2 aromatic carbocycles. The Morgan fingerprint density at radius 1 is 1.00 bits per heavy atom. The monoisotopic (exact) mass is 337 g/mol. The number of ether oxygens (including phenoxy) is 1. The SMILES string of the molecule is Cc1cc(N2CC(C)OC(C)C2)ccc1Nc1ccc2c(c1)CNC2. The van der Waals surface area contributed by atoms with Gasteiger partial charge in [0.05, 0.1) is 12.2 Å². The van der Waals surface area contributed by atoms with Gasteiger partial charge in [-0.2, -0.15) is 0 Å². The minimum Gasteiger partial charge on any atom is -0.372 e. The zero-order valence-electron chi connectivity index (χ0n) is 15.3. The van der Waals surface area contributed by atoms with Crippen molar-refractivity contribution in [1.82, 2.24) is 5.32 Å². The lowest BCUT2D eigenvalue weighted by Crippen LogP contribution is -2.45. The lowest BCUT2D eigenvalue weighted by molar-refractivity contribution is -0.00521. The molecule has 0 amide bonds. The smallest absolute Gasteiger partial charge is 0.0726 e. The van der Waals surface area contributed by atoms with E-state index < -0.39 is 0 Å². The number of nitrogens with one attached hydrogen (secondary N) is 2. The number of anilines is 3. The highest BCUT2D eigenvalue weighted by atomic mass is 16.5. The molecule has 0 aromatic heterocycles. The number of hydrogen-bond donors (Lipinski definition) is 2. The molecule has 0 bridgehead atoms. The minimum atomic E-state index is 0.280. The lowest BCUT2D eigenvalue weighted by atomic mass is 10.1. The van der Waals surface area contributed by atoms with E-state index in [0.717, 1.165) is 31.9 Å². The second-order valence-electron chi connectivity index (χ2n) is 7.37.